The highest BCUT2D eigenvalue weighted by molar-refractivity contribution is 7.09. The average Bonchev–Trinajstić information content (AvgIpc) is 3.15. The quantitative estimate of drug-likeness (QED) is 0.874. The zero-order valence-electron chi connectivity index (χ0n) is 10.9. The minimum atomic E-state index is -0.0294. The number of amides is 1. The monoisotopic (exact) mass is 306 g/mol. The van der Waals surface area contributed by atoms with Crippen LogP contribution in [0.15, 0.2) is 35.7 Å². The van der Waals surface area contributed by atoms with Gasteiger partial charge in [0.05, 0.1) is 17.1 Å². The molecule has 0 atom stereocenters. The van der Waals surface area contributed by atoms with E-state index in [-0.39, 0.29) is 5.91 Å². The first-order valence-corrected chi connectivity index (χ1v) is 7.79. The summed E-state index contributed by atoms with van der Waals surface area (Å²) in [4.78, 5) is 15.8. The molecule has 1 aromatic heterocycles. The van der Waals surface area contributed by atoms with Crippen LogP contribution < -0.4 is 5.73 Å². The standard InChI is InChI=1S/C15H15ClN2OS/c16-14-6-3-10(17)8-13(14)15(19)18(11-4-5-11)9-12-2-1-7-20-12/h1-3,6-8,11H,4-5,9,17H2. The first-order chi connectivity index (χ1) is 9.65. The largest absolute Gasteiger partial charge is 0.399 e. The lowest BCUT2D eigenvalue weighted by Crippen LogP contribution is -2.32. The van der Waals surface area contributed by atoms with Gasteiger partial charge in [-0.15, -0.1) is 11.3 Å². The second kappa shape index (κ2) is 5.46. The van der Waals surface area contributed by atoms with Crippen molar-refractivity contribution in [3.05, 3.63) is 51.2 Å². The number of rotatable bonds is 4. The smallest absolute Gasteiger partial charge is 0.256 e. The van der Waals surface area contributed by atoms with E-state index < -0.39 is 0 Å². The van der Waals surface area contributed by atoms with E-state index in [0.717, 1.165) is 12.8 Å². The molecule has 20 heavy (non-hydrogen) atoms. The van der Waals surface area contributed by atoms with Crippen LogP contribution in [0.1, 0.15) is 28.1 Å². The number of anilines is 1. The third-order valence-electron chi connectivity index (χ3n) is 3.38. The van der Waals surface area contributed by atoms with Crippen LogP contribution in [0.4, 0.5) is 5.69 Å². The fourth-order valence-electron chi connectivity index (χ4n) is 2.18. The molecule has 0 saturated heterocycles. The van der Waals surface area contributed by atoms with E-state index >= 15 is 0 Å². The van der Waals surface area contributed by atoms with E-state index in [1.807, 2.05) is 22.4 Å². The Kier molecular flexibility index (Phi) is 3.68. The topological polar surface area (TPSA) is 46.3 Å². The number of hydrogen-bond acceptors (Lipinski definition) is 3. The number of carbonyl (C=O) groups is 1. The molecule has 1 fully saturated rings. The summed E-state index contributed by atoms with van der Waals surface area (Å²) in [7, 11) is 0. The highest BCUT2D eigenvalue weighted by Gasteiger charge is 2.34. The van der Waals surface area contributed by atoms with Gasteiger partial charge in [0.15, 0.2) is 0 Å². The molecule has 3 nitrogen and oxygen atoms in total. The van der Waals surface area contributed by atoms with Crippen molar-refractivity contribution < 1.29 is 4.79 Å². The molecule has 104 valence electrons. The zero-order chi connectivity index (χ0) is 14.1. The molecule has 2 N–H and O–H groups in total. The van der Waals surface area contributed by atoms with Gasteiger partial charge in [-0.3, -0.25) is 4.79 Å². The van der Waals surface area contributed by atoms with Gasteiger partial charge in [-0.05, 0) is 42.5 Å². The van der Waals surface area contributed by atoms with E-state index in [1.54, 1.807) is 29.5 Å². The lowest BCUT2D eigenvalue weighted by Gasteiger charge is -2.22. The SMILES string of the molecule is Nc1ccc(Cl)c(C(=O)N(Cc2cccs2)C2CC2)c1. The summed E-state index contributed by atoms with van der Waals surface area (Å²) in [5.41, 5.74) is 6.82. The highest BCUT2D eigenvalue weighted by atomic mass is 35.5. The summed E-state index contributed by atoms with van der Waals surface area (Å²) in [6.07, 6.45) is 2.13. The van der Waals surface area contributed by atoms with Crippen LogP contribution in [0.5, 0.6) is 0 Å². The first-order valence-electron chi connectivity index (χ1n) is 6.53. The van der Waals surface area contributed by atoms with Gasteiger partial charge in [-0.1, -0.05) is 17.7 Å². The number of nitrogens with two attached hydrogens (primary N) is 1. The zero-order valence-corrected chi connectivity index (χ0v) is 12.5. The van der Waals surface area contributed by atoms with Gasteiger partial charge < -0.3 is 10.6 Å². The Labute approximate surface area is 127 Å². The Morgan fingerprint density at radius 2 is 2.20 bits per heavy atom. The van der Waals surface area contributed by atoms with Crippen molar-refractivity contribution in [2.75, 3.05) is 5.73 Å². The van der Waals surface area contributed by atoms with E-state index in [2.05, 4.69) is 0 Å². The van der Waals surface area contributed by atoms with E-state index in [9.17, 15) is 4.79 Å². The molecular formula is C15H15ClN2OS. The van der Waals surface area contributed by atoms with E-state index in [1.165, 1.54) is 4.88 Å². The third kappa shape index (κ3) is 2.81. The van der Waals surface area contributed by atoms with Crippen molar-refractivity contribution in [2.45, 2.75) is 25.4 Å². The molecule has 1 heterocycles. The van der Waals surface area contributed by atoms with Crippen LogP contribution in [0, 0.1) is 0 Å². The van der Waals surface area contributed by atoms with Crippen LogP contribution in [-0.4, -0.2) is 16.8 Å². The molecule has 1 aliphatic carbocycles. The third-order valence-corrected chi connectivity index (χ3v) is 4.57. The average molecular weight is 307 g/mol. The van der Waals surface area contributed by atoms with Gasteiger partial charge >= 0.3 is 0 Å². The molecule has 1 amide bonds. The Morgan fingerprint density at radius 3 is 2.85 bits per heavy atom. The van der Waals surface area contributed by atoms with Gasteiger partial charge in [0, 0.05) is 16.6 Å². The molecule has 0 aliphatic heterocycles. The number of halogens is 1. The summed E-state index contributed by atoms with van der Waals surface area (Å²) in [5.74, 6) is -0.0294. The van der Waals surface area contributed by atoms with E-state index in [0.29, 0.717) is 28.9 Å². The lowest BCUT2D eigenvalue weighted by molar-refractivity contribution is 0.0732. The molecule has 5 heteroatoms. The van der Waals surface area contributed by atoms with Gasteiger partial charge in [0.1, 0.15) is 0 Å². The second-order valence-electron chi connectivity index (χ2n) is 4.98. The number of carbonyl (C=O) groups excluding carboxylic acids is 1. The van der Waals surface area contributed by atoms with Gasteiger partial charge in [0.25, 0.3) is 5.91 Å². The van der Waals surface area contributed by atoms with Crippen molar-refractivity contribution in [1.29, 1.82) is 0 Å². The van der Waals surface area contributed by atoms with Crippen LogP contribution >= 0.6 is 22.9 Å². The van der Waals surface area contributed by atoms with Gasteiger partial charge in [-0.25, -0.2) is 0 Å². The van der Waals surface area contributed by atoms with Gasteiger partial charge in [-0.2, -0.15) is 0 Å². The predicted molar refractivity (Wildman–Crippen MR) is 83.1 cm³/mol. The fourth-order valence-corrected chi connectivity index (χ4v) is 3.09. The molecule has 0 bridgehead atoms. The van der Waals surface area contributed by atoms with Crippen LogP contribution in [-0.2, 0) is 6.54 Å². The maximum absolute atomic E-state index is 12.7. The molecule has 0 spiro atoms. The minimum Gasteiger partial charge on any atom is -0.399 e. The van der Waals surface area contributed by atoms with Crippen molar-refractivity contribution in [3.63, 3.8) is 0 Å². The summed E-state index contributed by atoms with van der Waals surface area (Å²) in [6.45, 7) is 0.645. The van der Waals surface area contributed by atoms with Gasteiger partial charge in [0.2, 0.25) is 0 Å². The van der Waals surface area contributed by atoms with Crippen LogP contribution in [0.25, 0.3) is 0 Å². The number of nitrogen functional groups attached to an aromatic ring is 1. The highest BCUT2D eigenvalue weighted by Crippen LogP contribution is 2.32. The summed E-state index contributed by atoms with van der Waals surface area (Å²) < 4.78 is 0. The maximum Gasteiger partial charge on any atom is 0.256 e. The molecule has 1 saturated carbocycles. The Morgan fingerprint density at radius 1 is 1.40 bits per heavy atom. The van der Waals surface area contributed by atoms with Crippen LogP contribution in [0.3, 0.4) is 0 Å². The number of nitrogens with zero attached hydrogens (tertiary/aromatic N) is 1. The summed E-state index contributed by atoms with van der Waals surface area (Å²) >= 11 is 7.81. The Bertz CT molecular complexity index is 623. The molecule has 1 aromatic carbocycles. The maximum atomic E-state index is 12.7. The molecule has 0 radical (unpaired) electrons. The Hall–Kier alpha value is -1.52. The number of hydrogen-bond donors (Lipinski definition) is 1. The molecular weight excluding hydrogens is 292 g/mol. The van der Waals surface area contributed by atoms with Crippen molar-refractivity contribution in [2.24, 2.45) is 0 Å². The molecule has 0 unspecified atom stereocenters. The summed E-state index contributed by atoms with van der Waals surface area (Å²) in [6, 6.07) is 9.44. The van der Waals surface area contributed by atoms with Crippen molar-refractivity contribution >= 4 is 34.5 Å². The predicted octanol–water partition coefficient (Wildman–Crippen LogP) is 3.79. The minimum absolute atomic E-state index is 0.0294. The molecule has 1 aliphatic rings. The van der Waals surface area contributed by atoms with Crippen molar-refractivity contribution in [1.82, 2.24) is 4.90 Å². The number of thiophene rings is 1. The molecule has 2 aromatic rings. The number of benzene rings is 1. The first kappa shape index (κ1) is 13.5. The van der Waals surface area contributed by atoms with Crippen molar-refractivity contribution in [3.8, 4) is 0 Å². The second-order valence-corrected chi connectivity index (χ2v) is 6.42. The fraction of sp³-hybridized carbons (Fsp3) is 0.267. The summed E-state index contributed by atoms with van der Waals surface area (Å²) in [5, 5.41) is 2.49. The normalized spacial score (nSPS) is 14.2. The van der Waals surface area contributed by atoms with Crippen LogP contribution in [0.2, 0.25) is 5.02 Å². The Balaban J connectivity index is 1.87. The molecule has 3 rings (SSSR count). The van der Waals surface area contributed by atoms with E-state index in [4.69, 9.17) is 17.3 Å². The lowest BCUT2D eigenvalue weighted by atomic mass is 10.1.